The molecule has 3 nitrogen and oxygen atoms in total. The summed E-state index contributed by atoms with van der Waals surface area (Å²) in [5, 5.41) is 8.19. The lowest BCUT2D eigenvalue weighted by Gasteiger charge is -2.19. The SMILES string of the molecule is C/C=C\CCCC(=O)O.FC(F)(CCC1CCCC1)COc1ccccc1. The van der Waals surface area contributed by atoms with E-state index in [1.807, 2.05) is 25.1 Å². The number of benzene rings is 1. The Hall–Kier alpha value is -1.91. The van der Waals surface area contributed by atoms with Crippen molar-refractivity contribution >= 4 is 5.97 Å². The summed E-state index contributed by atoms with van der Waals surface area (Å²) in [6.07, 6.45) is 11.0. The van der Waals surface area contributed by atoms with Crippen molar-refractivity contribution in [2.75, 3.05) is 6.61 Å². The first-order valence-electron chi connectivity index (χ1n) is 9.81. The number of aliphatic carboxylic acids is 1. The number of ether oxygens (including phenoxy) is 1. The van der Waals surface area contributed by atoms with Gasteiger partial charge in [-0.05, 0) is 44.2 Å². The molecule has 1 aromatic carbocycles. The van der Waals surface area contributed by atoms with Crippen molar-refractivity contribution in [1.29, 1.82) is 0 Å². The van der Waals surface area contributed by atoms with Crippen LogP contribution in [0.4, 0.5) is 8.78 Å². The van der Waals surface area contributed by atoms with Crippen LogP contribution in [-0.2, 0) is 4.79 Å². The average molecular weight is 382 g/mol. The number of carboxylic acids is 1. The van der Waals surface area contributed by atoms with Crippen molar-refractivity contribution in [1.82, 2.24) is 0 Å². The second-order valence-corrected chi connectivity index (χ2v) is 7.00. The third-order valence-corrected chi connectivity index (χ3v) is 4.58. The molecule has 1 fully saturated rings. The van der Waals surface area contributed by atoms with E-state index in [9.17, 15) is 13.6 Å². The molecule has 0 radical (unpaired) electrons. The second kappa shape index (κ2) is 13.3. The highest BCUT2D eigenvalue weighted by Crippen LogP contribution is 2.32. The van der Waals surface area contributed by atoms with E-state index >= 15 is 0 Å². The molecule has 0 saturated heterocycles. The van der Waals surface area contributed by atoms with E-state index in [2.05, 4.69) is 0 Å². The van der Waals surface area contributed by atoms with E-state index in [1.54, 1.807) is 24.3 Å². The Balaban J connectivity index is 0.000000345. The van der Waals surface area contributed by atoms with Crippen LogP contribution in [0, 0.1) is 5.92 Å². The fourth-order valence-corrected chi connectivity index (χ4v) is 3.03. The van der Waals surface area contributed by atoms with Crippen molar-refractivity contribution < 1.29 is 23.4 Å². The van der Waals surface area contributed by atoms with Crippen LogP contribution in [0.2, 0.25) is 0 Å². The van der Waals surface area contributed by atoms with Crippen LogP contribution in [0.3, 0.4) is 0 Å². The van der Waals surface area contributed by atoms with Gasteiger partial charge in [0.15, 0.2) is 6.61 Å². The van der Waals surface area contributed by atoms with Gasteiger partial charge in [-0.1, -0.05) is 56.0 Å². The molecule has 1 N–H and O–H groups in total. The van der Waals surface area contributed by atoms with Crippen molar-refractivity contribution in [3.8, 4) is 5.75 Å². The largest absolute Gasteiger partial charge is 0.487 e. The third kappa shape index (κ3) is 12.2. The molecule has 5 heteroatoms. The number of allylic oxidation sites excluding steroid dienone is 2. The number of para-hydroxylation sites is 1. The Morgan fingerprint density at radius 3 is 2.52 bits per heavy atom. The van der Waals surface area contributed by atoms with Gasteiger partial charge in [-0.2, -0.15) is 0 Å². The normalized spacial score (nSPS) is 14.8. The molecule has 0 unspecified atom stereocenters. The van der Waals surface area contributed by atoms with E-state index in [4.69, 9.17) is 9.84 Å². The van der Waals surface area contributed by atoms with Crippen molar-refractivity contribution in [3.63, 3.8) is 0 Å². The number of carbonyl (C=O) groups is 1. The highest BCUT2D eigenvalue weighted by molar-refractivity contribution is 5.66. The topological polar surface area (TPSA) is 46.5 Å². The van der Waals surface area contributed by atoms with E-state index in [0.29, 0.717) is 18.1 Å². The number of rotatable bonds is 10. The number of halogens is 2. The smallest absolute Gasteiger partial charge is 0.303 e. The van der Waals surface area contributed by atoms with Crippen LogP contribution in [0.25, 0.3) is 0 Å². The van der Waals surface area contributed by atoms with Gasteiger partial charge in [-0.25, -0.2) is 8.78 Å². The Morgan fingerprint density at radius 2 is 1.93 bits per heavy atom. The van der Waals surface area contributed by atoms with Gasteiger partial charge in [0.1, 0.15) is 5.75 Å². The van der Waals surface area contributed by atoms with Gasteiger partial charge in [-0.3, -0.25) is 4.79 Å². The molecule has 0 atom stereocenters. The number of hydrogen-bond acceptors (Lipinski definition) is 2. The quantitative estimate of drug-likeness (QED) is 0.372. The van der Waals surface area contributed by atoms with Gasteiger partial charge in [0, 0.05) is 12.8 Å². The predicted molar refractivity (Wildman–Crippen MR) is 104 cm³/mol. The third-order valence-electron chi connectivity index (χ3n) is 4.58. The van der Waals surface area contributed by atoms with E-state index < -0.39 is 18.5 Å². The fraction of sp³-hybridized carbons (Fsp3) is 0.591. The lowest BCUT2D eigenvalue weighted by molar-refractivity contribution is -0.137. The molecule has 1 saturated carbocycles. The molecular formula is C22H32F2O3. The molecule has 1 aromatic rings. The van der Waals surface area contributed by atoms with Crippen LogP contribution >= 0.6 is 0 Å². The maximum absolute atomic E-state index is 13.6. The summed E-state index contributed by atoms with van der Waals surface area (Å²) >= 11 is 0. The zero-order chi connectivity index (χ0) is 20.0. The highest BCUT2D eigenvalue weighted by Gasteiger charge is 2.31. The molecule has 0 aromatic heterocycles. The van der Waals surface area contributed by atoms with Crippen LogP contribution in [0.1, 0.15) is 64.7 Å². The number of carboxylic acid groups (broad SMARTS) is 1. The molecule has 152 valence electrons. The molecule has 1 aliphatic rings. The molecule has 1 aliphatic carbocycles. The highest BCUT2D eigenvalue weighted by atomic mass is 19.3. The predicted octanol–water partition coefficient (Wildman–Crippen LogP) is 6.49. The maximum Gasteiger partial charge on any atom is 0.303 e. The fourth-order valence-electron chi connectivity index (χ4n) is 3.03. The van der Waals surface area contributed by atoms with E-state index in [0.717, 1.165) is 25.7 Å². The molecule has 0 spiro atoms. The van der Waals surface area contributed by atoms with Crippen molar-refractivity contribution in [2.24, 2.45) is 5.92 Å². The summed E-state index contributed by atoms with van der Waals surface area (Å²) in [5.74, 6) is -2.40. The van der Waals surface area contributed by atoms with Gasteiger partial charge < -0.3 is 9.84 Å². The summed E-state index contributed by atoms with van der Waals surface area (Å²) in [7, 11) is 0. The van der Waals surface area contributed by atoms with Crippen LogP contribution in [0.5, 0.6) is 5.75 Å². The van der Waals surface area contributed by atoms with Gasteiger partial charge in [0.2, 0.25) is 0 Å². The summed E-state index contributed by atoms with van der Waals surface area (Å²) in [6, 6.07) is 8.81. The van der Waals surface area contributed by atoms with Crippen molar-refractivity contribution in [3.05, 3.63) is 42.5 Å². The Kier molecular flexibility index (Phi) is 11.4. The molecule has 0 amide bonds. The minimum absolute atomic E-state index is 0.0511. The van der Waals surface area contributed by atoms with Gasteiger partial charge in [-0.15, -0.1) is 0 Å². The number of hydrogen-bond donors (Lipinski definition) is 1. The first-order valence-corrected chi connectivity index (χ1v) is 9.81. The summed E-state index contributed by atoms with van der Waals surface area (Å²) in [4.78, 5) is 9.94. The summed E-state index contributed by atoms with van der Waals surface area (Å²) in [6.45, 7) is 1.42. The van der Waals surface area contributed by atoms with Crippen LogP contribution < -0.4 is 4.74 Å². The van der Waals surface area contributed by atoms with Gasteiger partial charge >= 0.3 is 5.97 Å². The molecular weight excluding hydrogens is 350 g/mol. The Morgan fingerprint density at radius 1 is 1.26 bits per heavy atom. The summed E-state index contributed by atoms with van der Waals surface area (Å²) < 4.78 is 32.4. The minimum atomic E-state index is -2.71. The lowest BCUT2D eigenvalue weighted by atomic mass is 9.99. The maximum atomic E-state index is 13.6. The van der Waals surface area contributed by atoms with Crippen LogP contribution in [-0.4, -0.2) is 23.6 Å². The molecule has 0 aliphatic heterocycles. The van der Waals surface area contributed by atoms with Gasteiger partial charge in [0.05, 0.1) is 0 Å². The lowest BCUT2D eigenvalue weighted by Crippen LogP contribution is -2.26. The second-order valence-electron chi connectivity index (χ2n) is 7.00. The Labute approximate surface area is 161 Å². The molecule has 0 heterocycles. The zero-order valence-corrected chi connectivity index (χ0v) is 16.2. The molecule has 2 rings (SSSR count). The number of alkyl halides is 2. The van der Waals surface area contributed by atoms with E-state index in [-0.39, 0.29) is 12.8 Å². The molecule has 27 heavy (non-hydrogen) atoms. The standard InChI is InChI=1S/C15H20F2O.C7H12O2/c16-15(17,11-10-13-6-4-5-7-13)12-18-14-8-2-1-3-9-14;1-2-3-4-5-6-7(8)9/h1-3,8-9,13H,4-7,10-12H2;2-3H,4-6H2,1H3,(H,8,9)/b;3-2-. The minimum Gasteiger partial charge on any atom is -0.487 e. The Bertz CT molecular complexity index is 538. The zero-order valence-electron chi connectivity index (χ0n) is 16.2. The first kappa shape index (κ1) is 23.1. The van der Waals surface area contributed by atoms with E-state index in [1.165, 1.54) is 12.8 Å². The van der Waals surface area contributed by atoms with Crippen molar-refractivity contribution in [2.45, 2.75) is 70.6 Å². The number of unbranched alkanes of at least 4 members (excludes halogenated alkanes) is 1. The van der Waals surface area contributed by atoms with Crippen LogP contribution in [0.15, 0.2) is 42.5 Å². The van der Waals surface area contributed by atoms with Gasteiger partial charge in [0.25, 0.3) is 5.92 Å². The first-order chi connectivity index (χ1) is 12.9. The summed E-state index contributed by atoms with van der Waals surface area (Å²) in [5.41, 5.74) is 0. The molecule has 0 bridgehead atoms. The average Bonchev–Trinajstić information content (AvgIpc) is 3.17. The monoisotopic (exact) mass is 382 g/mol.